The zero-order valence-electron chi connectivity index (χ0n) is 15.2. The molecule has 3 N–H and O–H groups in total. The molecular formula is C19H21NO7S. The topological polar surface area (TPSA) is 130 Å². The van der Waals surface area contributed by atoms with E-state index in [0.717, 1.165) is 0 Å². The molecule has 2 aromatic rings. The lowest BCUT2D eigenvalue weighted by Gasteiger charge is -2.18. The first-order chi connectivity index (χ1) is 13.2. The monoisotopic (exact) mass is 407 g/mol. The van der Waals surface area contributed by atoms with E-state index in [1.165, 1.54) is 12.1 Å². The van der Waals surface area contributed by atoms with Gasteiger partial charge in [0.25, 0.3) is 16.0 Å². The van der Waals surface area contributed by atoms with Gasteiger partial charge in [0.2, 0.25) is 0 Å². The second-order valence-electron chi connectivity index (χ2n) is 5.92. The van der Waals surface area contributed by atoms with Gasteiger partial charge in [0.15, 0.2) is 0 Å². The average molecular weight is 407 g/mol. The number of hydrogen-bond donors (Lipinski definition) is 3. The first-order valence-corrected chi connectivity index (χ1v) is 10.1. The number of carbonyl (C=O) groups excluding carboxylic acids is 2. The molecule has 9 heteroatoms. The van der Waals surface area contributed by atoms with Crippen molar-refractivity contribution in [2.24, 2.45) is 0 Å². The van der Waals surface area contributed by atoms with E-state index in [-0.39, 0.29) is 24.3 Å². The van der Waals surface area contributed by atoms with Gasteiger partial charge in [0, 0.05) is 11.1 Å². The molecule has 1 atom stereocenters. The second kappa shape index (κ2) is 9.34. The maximum Gasteiger partial charge on any atom is 0.328 e. The highest BCUT2D eigenvalue weighted by molar-refractivity contribution is 7.85. The van der Waals surface area contributed by atoms with Gasteiger partial charge >= 0.3 is 5.97 Å². The van der Waals surface area contributed by atoms with E-state index in [1.807, 2.05) is 0 Å². The Morgan fingerprint density at radius 1 is 1.07 bits per heavy atom. The Labute approximate surface area is 162 Å². The molecule has 0 aliphatic rings. The lowest BCUT2D eigenvalue weighted by molar-refractivity contribution is -0.145. The van der Waals surface area contributed by atoms with Gasteiger partial charge in [0.05, 0.1) is 12.4 Å². The van der Waals surface area contributed by atoms with Gasteiger partial charge in [-0.3, -0.25) is 9.35 Å². The highest BCUT2D eigenvalue weighted by Crippen LogP contribution is 2.31. The Hall–Kier alpha value is -2.91. The third-order valence-electron chi connectivity index (χ3n) is 3.91. The molecule has 150 valence electrons. The summed E-state index contributed by atoms with van der Waals surface area (Å²) < 4.78 is 35.8. The van der Waals surface area contributed by atoms with E-state index in [9.17, 15) is 23.1 Å². The predicted octanol–water partition coefficient (Wildman–Crippen LogP) is 2.00. The lowest BCUT2D eigenvalue weighted by Crippen LogP contribution is -2.43. The zero-order chi connectivity index (χ0) is 20.7. The number of ether oxygens (including phenoxy) is 1. The van der Waals surface area contributed by atoms with Crippen molar-refractivity contribution in [2.75, 3.05) is 12.4 Å². The van der Waals surface area contributed by atoms with E-state index < -0.39 is 33.8 Å². The van der Waals surface area contributed by atoms with Crippen LogP contribution in [0.2, 0.25) is 0 Å². The van der Waals surface area contributed by atoms with Gasteiger partial charge in [-0.1, -0.05) is 36.4 Å². The van der Waals surface area contributed by atoms with Crippen molar-refractivity contribution in [1.29, 1.82) is 0 Å². The van der Waals surface area contributed by atoms with Crippen LogP contribution in [0.4, 0.5) is 0 Å². The molecule has 0 aliphatic heterocycles. The number of nitrogens with one attached hydrogen (secondary N) is 1. The van der Waals surface area contributed by atoms with Crippen molar-refractivity contribution in [1.82, 2.24) is 5.32 Å². The molecule has 0 unspecified atom stereocenters. The maximum absolute atomic E-state index is 12.8. The molecule has 2 rings (SSSR count). The molecule has 0 fully saturated rings. The van der Waals surface area contributed by atoms with Crippen LogP contribution in [0.3, 0.4) is 0 Å². The fourth-order valence-corrected chi connectivity index (χ4v) is 3.15. The Bertz CT molecular complexity index is 956. The number of aromatic hydroxyl groups is 1. The summed E-state index contributed by atoms with van der Waals surface area (Å²) in [7, 11) is -4.32. The smallest absolute Gasteiger partial charge is 0.328 e. The molecule has 0 radical (unpaired) electrons. The van der Waals surface area contributed by atoms with Crippen LogP contribution in [0.25, 0.3) is 11.1 Å². The number of hydrogen-bond acceptors (Lipinski definition) is 6. The average Bonchev–Trinajstić information content (AvgIpc) is 2.65. The molecule has 0 bridgehead atoms. The first kappa shape index (κ1) is 21.4. The summed E-state index contributed by atoms with van der Waals surface area (Å²) in [6.07, 6.45) is -0.345. The molecule has 8 nitrogen and oxygen atoms in total. The molecule has 0 aromatic heterocycles. The molecular weight excluding hydrogens is 386 g/mol. The maximum atomic E-state index is 12.8. The van der Waals surface area contributed by atoms with Crippen molar-refractivity contribution in [2.45, 2.75) is 19.4 Å². The van der Waals surface area contributed by atoms with Crippen molar-refractivity contribution in [3.63, 3.8) is 0 Å². The van der Waals surface area contributed by atoms with Crippen LogP contribution in [0.1, 0.15) is 23.7 Å². The summed E-state index contributed by atoms with van der Waals surface area (Å²) in [6, 6.07) is 11.7. The summed E-state index contributed by atoms with van der Waals surface area (Å²) in [6.45, 7) is 1.62. The molecule has 1 amide bonds. The van der Waals surface area contributed by atoms with Gasteiger partial charge in [0.1, 0.15) is 11.8 Å². The number of amides is 1. The molecule has 2 aromatic carbocycles. The number of benzene rings is 2. The third-order valence-corrected chi connectivity index (χ3v) is 4.66. The number of rotatable bonds is 8. The van der Waals surface area contributed by atoms with E-state index in [4.69, 9.17) is 9.29 Å². The number of para-hydroxylation sites is 1. The SMILES string of the molecule is CCOC(=O)[C@H](CCS(=O)(=O)O)NC(=O)c1ccccc1-c1ccccc1O. The molecule has 0 heterocycles. The summed E-state index contributed by atoms with van der Waals surface area (Å²) in [4.78, 5) is 24.9. The minimum atomic E-state index is -4.32. The van der Waals surface area contributed by atoms with Crippen molar-refractivity contribution >= 4 is 22.0 Å². The Morgan fingerprint density at radius 2 is 1.68 bits per heavy atom. The summed E-state index contributed by atoms with van der Waals surface area (Å²) in [5.74, 6) is -2.18. The van der Waals surface area contributed by atoms with Crippen molar-refractivity contribution in [3.05, 3.63) is 54.1 Å². The van der Waals surface area contributed by atoms with Crippen molar-refractivity contribution in [3.8, 4) is 16.9 Å². The van der Waals surface area contributed by atoms with Gasteiger partial charge in [-0.2, -0.15) is 8.42 Å². The van der Waals surface area contributed by atoms with Gasteiger partial charge in [-0.15, -0.1) is 0 Å². The fourth-order valence-electron chi connectivity index (χ4n) is 2.61. The summed E-state index contributed by atoms with van der Waals surface area (Å²) >= 11 is 0. The fraction of sp³-hybridized carbons (Fsp3) is 0.263. The van der Waals surface area contributed by atoms with E-state index in [1.54, 1.807) is 43.3 Å². The van der Waals surface area contributed by atoms with E-state index >= 15 is 0 Å². The van der Waals surface area contributed by atoms with Crippen molar-refractivity contribution < 1.29 is 32.4 Å². The van der Waals surface area contributed by atoms with Crippen LogP contribution in [0, 0.1) is 0 Å². The normalized spacial score (nSPS) is 12.2. The predicted molar refractivity (Wildman–Crippen MR) is 102 cm³/mol. The summed E-state index contributed by atoms with van der Waals surface area (Å²) in [5.41, 5.74) is 1.06. The number of phenols is 1. The number of phenolic OH excluding ortho intramolecular Hbond substituents is 1. The van der Waals surface area contributed by atoms with Gasteiger partial charge in [-0.05, 0) is 31.0 Å². The van der Waals surface area contributed by atoms with Crippen LogP contribution in [0.5, 0.6) is 5.75 Å². The quantitative estimate of drug-likeness (QED) is 0.451. The zero-order valence-corrected chi connectivity index (χ0v) is 16.0. The molecule has 0 aliphatic carbocycles. The Kier molecular flexibility index (Phi) is 7.13. The van der Waals surface area contributed by atoms with Crippen LogP contribution in [-0.4, -0.2) is 48.4 Å². The van der Waals surface area contributed by atoms with E-state index in [2.05, 4.69) is 5.32 Å². The second-order valence-corrected chi connectivity index (χ2v) is 7.49. The minimum Gasteiger partial charge on any atom is -0.507 e. The van der Waals surface area contributed by atoms with Crippen LogP contribution < -0.4 is 5.32 Å². The van der Waals surface area contributed by atoms with Crippen LogP contribution in [-0.2, 0) is 19.6 Å². The van der Waals surface area contributed by atoms with Crippen LogP contribution in [0.15, 0.2) is 48.5 Å². The Balaban J connectivity index is 2.31. The van der Waals surface area contributed by atoms with Gasteiger partial charge < -0.3 is 15.2 Å². The third kappa shape index (κ3) is 5.80. The molecule has 0 saturated carbocycles. The highest BCUT2D eigenvalue weighted by atomic mass is 32.2. The first-order valence-electron chi connectivity index (χ1n) is 8.53. The lowest BCUT2D eigenvalue weighted by atomic mass is 9.98. The van der Waals surface area contributed by atoms with Gasteiger partial charge in [-0.25, -0.2) is 4.79 Å². The number of esters is 1. The largest absolute Gasteiger partial charge is 0.507 e. The standard InChI is InChI=1S/C19H21NO7S/c1-2-27-19(23)16(11-12-28(24,25)26)20-18(22)15-9-4-3-7-13(15)14-8-5-6-10-17(14)21/h3-10,16,21H,2,11-12H2,1H3,(H,20,22)(H,24,25,26)/t16-/m0/s1. The summed E-state index contributed by atoms with van der Waals surface area (Å²) in [5, 5.41) is 12.5. The van der Waals surface area contributed by atoms with E-state index in [0.29, 0.717) is 11.1 Å². The molecule has 28 heavy (non-hydrogen) atoms. The Morgan fingerprint density at radius 3 is 2.29 bits per heavy atom. The highest BCUT2D eigenvalue weighted by Gasteiger charge is 2.26. The minimum absolute atomic E-state index is 0.0175. The molecule has 0 saturated heterocycles. The van der Waals surface area contributed by atoms with Crippen LogP contribution >= 0.6 is 0 Å². The number of carbonyl (C=O) groups is 2. The molecule has 0 spiro atoms.